The van der Waals surface area contributed by atoms with Gasteiger partial charge in [0, 0.05) is 11.6 Å². The quantitative estimate of drug-likeness (QED) is 0.654. The second-order valence-electron chi connectivity index (χ2n) is 2.19. The summed E-state index contributed by atoms with van der Waals surface area (Å²) in [5.41, 5.74) is 1.68. The Morgan fingerprint density at radius 2 is 2.33 bits per heavy atom. The van der Waals surface area contributed by atoms with Gasteiger partial charge in [-0.25, -0.2) is 0 Å². The van der Waals surface area contributed by atoms with E-state index in [2.05, 4.69) is 0 Å². The summed E-state index contributed by atoms with van der Waals surface area (Å²) in [6.07, 6.45) is 1.45. The fraction of sp³-hybridized carbons (Fsp3) is 0.125. The predicted molar refractivity (Wildman–Crippen MR) is 53.6 cm³/mol. The monoisotopic (exact) mass is 217 g/mol. The van der Waals surface area contributed by atoms with Crippen LogP contribution < -0.4 is 0 Å². The molecule has 62 valence electrons. The Hall–Kier alpha value is -0.490. The molecule has 1 aromatic rings. The topological polar surface area (TPSA) is 23.8 Å². The Morgan fingerprint density at radius 1 is 1.67 bits per heavy atom. The highest BCUT2D eigenvalue weighted by Crippen LogP contribution is 2.35. The molecule has 0 unspecified atom stereocenters. The van der Waals surface area contributed by atoms with Crippen LogP contribution >= 0.6 is 34.5 Å². The van der Waals surface area contributed by atoms with Gasteiger partial charge in [0.25, 0.3) is 0 Å². The maximum absolute atomic E-state index is 8.40. The van der Waals surface area contributed by atoms with Crippen LogP contribution in [0.25, 0.3) is 5.57 Å². The van der Waals surface area contributed by atoms with Gasteiger partial charge in [-0.15, -0.1) is 11.3 Å². The molecule has 0 atom stereocenters. The zero-order chi connectivity index (χ0) is 9.14. The lowest BCUT2D eigenvalue weighted by Crippen LogP contribution is -1.73. The van der Waals surface area contributed by atoms with Crippen LogP contribution in [0.2, 0.25) is 8.67 Å². The smallest absolute Gasteiger partial charge is 0.102 e. The molecule has 0 aliphatic carbocycles. The lowest BCUT2D eigenvalue weighted by atomic mass is 10.1. The van der Waals surface area contributed by atoms with E-state index in [1.807, 2.05) is 13.0 Å². The number of nitriles is 1. The van der Waals surface area contributed by atoms with Crippen molar-refractivity contribution in [3.63, 3.8) is 0 Å². The van der Waals surface area contributed by atoms with Crippen molar-refractivity contribution in [2.45, 2.75) is 6.92 Å². The summed E-state index contributed by atoms with van der Waals surface area (Å²) in [4.78, 5) is 0. The molecule has 1 aromatic heterocycles. The number of hydrogen-bond donors (Lipinski definition) is 0. The Balaban J connectivity index is 3.12. The molecule has 0 amide bonds. The highest BCUT2D eigenvalue weighted by molar-refractivity contribution is 7.20. The summed E-state index contributed by atoms with van der Waals surface area (Å²) in [6, 6.07) is 3.70. The Morgan fingerprint density at radius 3 is 2.75 bits per heavy atom. The molecular formula is C8H5Cl2NS. The molecule has 1 rings (SSSR count). The van der Waals surface area contributed by atoms with Crippen LogP contribution in [0, 0.1) is 11.3 Å². The molecule has 0 spiro atoms. The molecule has 4 heteroatoms. The third-order valence-electron chi connectivity index (χ3n) is 1.36. The van der Waals surface area contributed by atoms with Gasteiger partial charge in [0.15, 0.2) is 0 Å². The van der Waals surface area contributed by atoms with E-state index in [0.29, 0.717) is 8.67 Å². The number of halogens is 2. The molecule has 0 N–H and O–H groups in total. The van der Waals surface area contributed by atoms with Crippen molar-refractivity contribution in [3.05, 3.63) is 26.4 Å². The van der Waals surface area contributed by atoms with Crippen LogP contribution in [-0.4, -0.2) is 0 Å². The maximum atomic E-state index is 8.40. The van der Waals surface area contributed by atoms with Gasteiger partial charge < -0.3 is 0 Å². The molecule has 1 nitrogen and oxygen atoms in total. The van der Waals surface area contributed by atoms with Gasteiger partial charge >= 0.3 is 0 Å². The summed E-state index contributed by atoms with van der Waals surface area (Å²) >= 11 is 12.9. The SMILES string of the molecule is C/C(=C/C#N)c1cc(Cl)sc1Cl. The number of hydrogen-bond acceptors (Lipinski definition) is 2. The molecule has 0 aliphatic heterocycles. The second-order valence-corrected chi connectivity index (χ2v) is 4.48. The molecule has 0 aliphatic rings. The Bertz CT molecular complexity index is 360. The van der Waals surface area contributed by atoms with Crippen LogP contribution in [0.4, 0.5) is 0 Å². The number of allylic oxidation sites excluding steroid dienone is 2. The second kappa shape index (κ2) is 3.95. The van der Waals surface area contributed by atoms with Gasteiger partial charge in [0.1, 0.15) is 4.34 Å². The molecule has 12 heavy (non-hydrogen) atoms. The molecule has 0 saturated carbocycles. The minimum absolute atomic E-state index is 0.629. The molecule has 0 saturated heterocycles. The van der Waals surface area contributed by atoms with E-state index in [-0.39, 0.29) is 0 Å². The van der Waals surface area contributed by atoms with Crippen LogP contribution in [0.1, 0.15) is 12.5 Å². The first-order valence-electron chi connectivity index (χ1n) is 3.16. The van der Waals surface area contributed by atoms with Gasteiger partial charge in [0.05, 0.1) is 10.4 Å². The van der Waals surface area contributed by atoms with Crippen molar-refractivity contribution in [3.8, 4) is 6.07 Å². The van der Waals surface area contributed by atoms with Crippen molar-refractivity contribution < 1.29 is 0 Å². The van der Waals surface area contributed by atoms with Crippen LogP contribution in [0.3, 0.4) is 0 Å². The first-order chi connectivity index (χ1) is 5.65. The Kier molecular flexibility index (Phi) is 3.16. The van der Waals surface area contributed by atoms with Crippen molar-refractivity contribution in [2.24, 2.45) is 0 Å². The summed E-state index contributed by atoms with van der Waals surface area (Å²) in [5.74, 6) is 0. The van der Waals surface area contributed by atoms with Gasteiger partial charge in [0.2, 0.25) is 0 Å². The van der Waals surface area contributed by atoms with Crippen molar-refractivity contribution >= 4 is 40.1 Å². The molecular weight excluding hydrogens is 213 g/mol. The minimum Gasteiger partial charge on any atom is -0.193 e. The van der Waals surface area contributed by atoms with Gasteiger partial charge in [-0.1, -0.05) is 23.2 Å². The molecule has 0 fully saturated rings. The average molecular weight is 218 g/mol. The maximum Gasteiger partial charge on any atom is 0.102 e. The van der Waals surface area contributed by atoms with E-state index in [1.54, 1.807) is 6.07 Å². The fourth-order valence-corrected chi connectivity index (χ4v) is 2.37. The van der Waals surface area contributed by atoms with Crippen LogP contribution in [0.5, 0.6) is 0 Å². The highest BCUT2D eigenvalue weighted by atomic mass is 35.5. The van der Waals surface area contributed by atoms with Crippen molar-refractivity contribution in [1.82, 2.24) is 0 Å². The lowest BCUT2D eigenvalue weighted by Gasteiger charge is -1.93. The van der Waals surface area contributed by atoms with E-state index >= 15 is 0 Å². The first-order valence-corrected chi connectivity index (χ1v) is 4.74. The van der Waals surface area contributed by atoms with Crippen molar-refractivity contribution in [1.29, 1.82) is 5.26 Å². The van der Waals surface area contributed by atoms with E-state index in [4.69, 9.17) is 28.5 Å². The minimum atomic E-state index is 0.629. The van der Waals surface area contributed by atoms with E-state index in [1.165, 1.54) is 17.4 Å². The number of thiophene rings is 1. The third kappa shape index (κ3) is 2.01. The summed E-state index contributed by atoms with van der Waals surface area (Å²) in [6.45, 7) is 1.83. The lowest BCUT2D eigenvalue weighted by molar-refractivity contribution is 1.53. The van der Waals surface area contributed by atoms with Gasteiger partial charge in [-0.2, -0.15) is 5.26 Å². The largest absolute Gasteiger partial charge is 0.193 e. The van der Waals surface area contributed by atoms with Crippen LogP contribution in [0.15, 0.2) is 12.1 Å². The van der Waals surface area contributed by atoms with E-state index in [0.717, 1.165) is 11.1 Å². The standard InChI is InChI=1S/C8H5Cl2NS/c1-5(2-3-11)6-4-7(9)12-8(6)10/h2,4H,1H3/b5-2-. The molecule has 0 radical (unpaired) electrons. The summed E-state index contributed by atoms with van der Waals surface area (Å²) in [5, 5.41) is 8.40. The third-order valence-corrected chi connectivity index (χ3v) is 2.85. The van der Waals surface area contributed by atoms with Gasteiger partial charge in [-0.3, -0.25) is 0 Å². The normalized spacial score (nSPS) is 11.3. The summed E-state index contributed by atoms with van der Waals surface area (Å²) in [7, 11) is 0. The van der Waals surface area contributed by atoms with E-state index < -0.39 is 0 Å². The molecule has 0 bridgehead atoms. The zero-order valence-electron chi connectivity index (χ0n) is 6.27. The fourth-order valence-electron chi connectivity index (χ4n) is 0.784. The van der Waals surface area contributed by atoms with E-state index in [9.17, 15) is 0 Å². The highest BCUT2D eigenvalue weighted by Gasteiger charge is 2.06. The first kappa shape index (κ1) is 9.60. The number of nitrogens with zero attached hydrogens (tertiary/aromatic N) is 1. The van der Waals surface area contributed by atoms with Crippen molar-refractivity contribution in [2.75, 3.05) is 0 Å². The van der Waals surface area contributed by atoms with Crippen LogP contribution in [-0.2, 0) is 0 Å². The zero-order valence-corrected chi connectivity index (χ0v) is 8.59. The molecule has 0 aromatic carbocycles. The summed E-state index contributed by atoms with van der Waals surface area (Å²) < 4.78 is 1.27. The van der Waals surface area contributed by atoms with Gasteiger partial charge in [-0.05, 0) is 18.6 Å². The Labute approximate surface area is 84.8 Å². The molecule has 1 heterocycles. The average Bonchev–Trinajstić information content (AvgIpc) is 2.30. The predicted octanol–water partition coefficient (Wildman–Crippen LogP) is 3.98. The number of rotatable bonds is 1.